The van der Waals surface area contributed by atoms with Crippen LogP contribution in [0, 0.1) is 0 Å². The van der Waals surface area contributed by atoms with Gasteiger partial charge in [0.25, 0.3) is 0 Å². The molecule has 0 fully saturated rings. The molecule has 1 unspecified atom stereocenters. The average Bonchev–Trinajstić information content (AvgIpc) is 2.99. The molecule has 0 amide bonds. The van der Waals surface area contributed by atoms with Gasteiger partial charge in [-0.25, -0.2) is 4.99 Å². The lowest BCUT2D eigenvalue weighted by atomic mass is 10.1. The number of nitrogens with zero attached hydrogens (tertiary/aromatic N) is 1. The van der Waals surface area contributed by atoms with Crippen LogP contribution in [0.3, 0.4) is 0 Å². The molecule has 2 aromatic rings. The molecule has 1 heterocycles. The quantitative estimate of drug-likeness (QED) is 0.649. The van der Waals surface area contributed by atoms with Crippen molar-refractivity contribution in [2.24, 2.45) is 4.99 Å². The van der Waals surface area contributed by atoms with E-state index in [0.717, 1.165) is 18.3 Å². The van der Waals surface area contributed by atoms with Gasteiger partial charge < -0.3 is 15.1 Å². The van der Waals surface area contributed by atoms with Crippen LogP contribution in [0.1, 0.15) is 31.2 Å². The molecule has 0 bridgehead atoms. The monoisotopic (exact) mass is 271 g/mol. The third kappa shape index (κ3) is 4.16. The fourth-order valence-corrected chi connectivity index (χ4v) is 1.91. The first-order chi connectivity index (χ1) is 9.79. The number of furan rings is 1. The zero-order chi connectivity index (χ0) is 14.2. The van der Waals surface area contributed by atoms with E-state index in [0.29, 0.717) is 6.54 Å². The lowest BCUT2D eigenvalue weighted by Crippen LogP contribution is -2.38. The number of nitrogens with one attached hydrogen (secondary N) is 2. The van der Waals surface area contributed by atoms with Crippen LogP contribution >= 0.6 is 0 Å². The maximum Gasteiger partial charge on any atom is 0.192 e. The molecular weight excluding hydrogens is 250 g/mol. The highest BCUT2D eigenvalue weighted by Crippen LogP contribution is 2.11. The molecule has 0 saturated heterocycles. The van der Waals surface area contributed by atoms with Gasteiger partial charge in [0, 0.05) is 6.54 Å². The first-order valence-electron chi connectivity index (χ1n) is 6.91. The second kappa shape index (κ2) is 7.38. The molecule has 106 valence electrons. The Balaban J connectivity index is 1.99. The highest BCUT2D eigenvalue weighted by molar-refractivity contribution is 5.80. The van der Waals surface area contributed by atoms with Crippen LogP contribution in [0.4, 0.5) is 0 Å². The van der Waals surface area contributed by atoms with E-state index < -0.39 is 0 Å². The Morgan fingerprint density at radius 3 is 2.65 bits per heavy atom. The van der Waals surface area contributed by atoms with Gasteiger partial charge in [0.1, 0.15) is 12.3 Å². The van der Waals surface area contributed by atoms with Crippen molar-refractivity contribution in [3.63, 3.8) is 0 Å². The molecule has 0 aliphatic rings. The minimum Gasteiger partial charge on any atom is -0.467 e. The summed E-state index contributed by atoms with van der Waals surface area (Å²) < 4.78 is 5.29. The van der Waals surface area contributed by atoms with Gasteiger partial charge in [0.2, 0.25) is 0 Å². The lowest BCUT2D eigenvalue weighted by Gasteiger charge is -2.18. The van der Waals surface area contributed by atoms with Crippen molar-refractivity contribution in [1.29, 1.82) is 0 Å². The molecule has 1 aromatic heterocycles. The highest BCUT2D eigenvalue weighted by atomic mass is 16.3. The maximum absolute atomic E-state index is 5.29. The molecule has 2 N–H and O–H groups in total. The largest absolute Gasteiger partial charge is 0.467 e. The number of aliphatic imine (C=N–C) groups is 1. The van der Waals surface area contributed by atoms with Crippen molar-refractivity contribution < 1.29 is 4.42 Å². The summed E-state index contributed by atoms with van der Waals surface area (Å²) in [5, 5.41) is 6.64. The Kier molecular flexibility index (Phi) is 5.24. The van der Waals surface area contributed by atoms with Crippen LogP contribution in [-0.2, 0) is 6.54 Å². The van der Waals surface area contributed by atoms with Gasteiger partial charge in [-0.15, -0.1) is 0 Å². The Morgan fingerprint density at radius 2 is 2.00 bits per heavy atom. The zero-order valence-corrected chi connectivity index (χ0v) is 12.0. The van der Waals surface area contributed by atoms with E-state index in [1.165, 1.54) is 5.56 Å². The fraction of sp³-hybridized carbons (Fsp3) is 0.312. The standard InChI is InChI=1S/C16H21N3O/c1-3-17-16(18-12-15-10-7-11-20-15)19-13(2)14-8-5-4-6-9-14/h4-11,13H,3,12H2,1-2H3,(H2,17,18,19). The van der Waals surface area contributed by atoms with Crippen LogP contribution in [0.2, 0.25) is 0 Å². The number of hydrogen-bond donors (Lipinski definition) is 2. The summed E-state index contributed by atoms with van der Waals surface area (Å²) in [6.45, 7) is 5.53. The summed E-state index contributed by atoms with van der Waals surface area (Å²) in [5.41, 5.74) is 1.23. The van der Waals surface area contributed by atoms with Crippen LogP contribution in [0.5, 0.6) is 0 Å². The van der Waals surface area contributed by atoms with E-state index in [4.69, 9.17) is 4.42 Å². The molecule has 1 aromatic carbocycles. The molecule has 0 saturated carbocycles. The molecule has 20 heavy (non-hydrogen) atoms. The molecule has 0 aliphatic carbocycles. The Hall–Kier alpha value is -2.23. The summed E-state index contributed by atoms with van der Waals surface area (Å²) >= 11 is 0. The first-order valence-corrected chi connectivity index (χ1v) is 6.91. The number of rotatable bonds is 5. The third-order valence-electron chi connectivity index (χ3n) is 2.97. The molecular formula is C16H21N3O. The van der Waals surface area contributed by atoms with E-state index in [2.05, 4.69) is 41.6 Å². The van der Waals surface area contributed by atoms with Crippen molar-refractivity contribution in [3.8, 4) is 0 Å². The Bertz CT molecular complexity index is 520. The van der Waals surface area contributed by atoms with E-state index in [1.807, 2.05) is 30.3 Å². The van der Waals surface area contributed by atoms with Gasteiger partial charge in [0.15, 0.2) is 5.96 Å². The average molecular weight is 271 g/mol. The van der Waals surface area contributed by atoms with Crippen molar-refractivity contribution in [1.82, 2.24) is 10.6 Å². The minimum absolute atomic E-state index is 0.200. The van der Waals surface area contributed by atoms with E-state index in [9.17, 15) is 0 Å². The molecule has 0 spiro atoms. The predicted octanol–water partition coefficient (Wildman–Crippen LogP) is 3.10. The summed E-state index contributed by atoms with van der Waals surface area (Å²) in [6, 6.07) is 14.3. The van der Waals surface area contributed by atoms with Crippen LogP contribution in [-0.4, -0.2) is 12.5 Å². The van der Waals surface area contributed by atoms with Gasteiger partial charge in [-0.1, -0.05) is 30.3 Å². The minimum atomic E-state index is 0.200. The molecule has 1 atom stereocenters. The number of benzene rings is 1. The second-order valence-electron chi connectivity index (χ2n) is 4.55. The van der Waals surface area contributed by atoms with Crippen LogP contribution in [0.15, 0.2) is 58.1 Å². The van der Waals surface area contributed by atoms with E-state index in [1.54, 1.807) is 6.26 Å². The molecule has 0 radical (unpaired) electrons. The topological polar surface area (TPSA) is 49.6 Å². The third-order valence-corrected chi connectivity index (χ3v) is 2.97. The van der Waals surface area contributed by atoms with E-state index >= 15 is 0 Å². The molecule has 2 rings (SSSR count). The Morgan fingerprint density at radius 1 is 1.20 bits per heavy atom. The van der Waals surface area contributed by atoms with Gasteiger partial charge in [0.05, 0.1) is 12.3 Å². The molecule has 4 nitrogen and oxygen atoms in total. The van der Waals surface area contributed by atoms with Crippen molar-refractivity contribution in [2.45, 2.75) is 26.4 Å². The zero-order valence-electron chi connectivity index (χ0n) is 12.0. The smallest absolute Gasteiger partial charge is 0.192 e. The van der Waals surface area contributed by atoms with Gasteiger partial charge in [-0.2, -0.15) is 0 Å². The summed E-state index contributed by atoms with van der Waals surface area (Å²) in [5.74, 6) is 1.65. The summed E-state index contributed by atoms with van der Waals surface area (Å²) in [6.07, 6.45) is 1.66. The maximum atomic E-state index is 5.29. The van der Waals surface area contributed by atoms with Gasteiger partial charge >= 0.3 is 0 Å². The van der Waals surface area contributed by atoms with Crippen molar-refractivity contribution in [2.75, 3.05) is 6.54 Å². The van der Waals surface area contributed by atoms with Crippen LogP contribution < -0.4 is 10.6 Å². The Labute approximate surface area is 119 Å². The highest BCUT2D eigenvalue weighted by Gasteiger charge is 2.07. The fourth-order valence-electron chi connectivity index (χ4n) is 1.91. The molecule has 4 heteroatoms. The normalized spacial score (nSPS) is 13.0. The van der Waals surface area contributed by atoms with Crippen molar-refractivity contribution >= 4 is 5.96 Å². The first kappa shape index (κ1) is 14.2. The van der Waals surface area contributed by atoms with Crippen LogP contribution in [0.25, 0.3) is 0 Å². The summed E-state index contributed by atoms with van der Waals surface area (Å²) in [4.78, 5) is 4.52. The predicted molar refractivity (Wildman–Crippen MR) is 81.5 cm³/mol. The molecule has 0 aliphatic heterocycles. The SMILES string of the molecule is CCNC(=NCc1ccco1)NC(C)c1ccccc1. The van der Waals surface area contributed by atoms with Gasteiger partial charge in [-0.3, -0.25) is 0 Å². The number of hydrogen-bond acceptors (Lipinski definition) is 2. The van der Waals surface area contributed by atoms with Gasteiger partial charge in [-0.05, 0) is 31.5 Å². The summed E-state index contributed by atoms with van der Waals surface area (Å²) in [7, 11) is 0. The second-order valence-corrected chi connectivity index (χ2v) is 4.55. The van der Waals surface area contributed by atoms with E-state index in [-0.39, 0.29) is 6.04 Å². The number of guanidine groups is 1. The van der Waals surface area contributed by atoms with Crippen molar-refractivity contribution in [3.05, 3.63) is 60.1 Å². The lowest BCUT2D eigenvalue weighted by molar-refractivity contribution is 0.511.